The third-order valence-corrected chi connectivity index (χ3v) is 4.43. The van der Waals surface area contributed by atoms with Gasteiger partial charge in [-0.05, 0) is 38.3 Å². The van der Waals surface area contributed by atoms with Crippen LogP contribution in [0.5, 0.6) is 0 Å². The molecule has 3 rings (SSSR count). The van der Waals surface area contributed by atoms with Gasteiger partial charge in [0, 0.05) is 56.3 Å². The van der Waals surface area contributed by atoms with Crippen molar-refractivity contribution in [1.82, 2.24) is 25.3 Å². The van der Waals surface area contributed by atoms with E-state index in [1.165, 1.54) is 0 Å². The predicted molar refractivity (Wildman–Crippen MR) is 95.4 cm³/mol. The summed E-state index contributed by atoms with van der Waals surface area (Å²) < 4.78 is 0. The Morgan fingerprint density at radius 1 is 1.32 bits per heavy atom. The smallest absolute Gasteiger partial charge is 0.225 e. The van der Waals surface area contributed by atoms with Crippen LogP contribution in [0.4, 0.5) is 5.95 Å². The zero-order chi connectivity index (χ0) is 17.6. The Balaban J connectivity index is 1.74. The summed E-state index contributed by atoms with van der Waals surface area (Å²) in [5.41, 5.74) is 1.88. The zero-order valence-corrected chi connectivity index (χ0v) is 14.8. The fourth-order valence-corrected chi connectivity index (χ4v) is 3.16. The second kappa shape index (κ2) is 8.00. The van der Waals surface area contributed by atoms with E-state index in [4.69, 9.17) is 4.98 Å². The Morgan fingerprint density at radius 3 is 2.88 bits per heavy atom. The quantitative estimate of drug-likeness (QED) is 0.891. The van der Waals surface area contributed by atoms with Gasteiger partial charge in [-0.15, -0.1) is 0 Å². The minimum atomic E-state index is 0.0304. The second-order valence-electron chi connectivity index (χ2n) is 6.37. The van der Waals surface area contributed by atoms with Gasteiger partial charge in [0.1, 0.15) is 5.82 Å². The molecule has 3 heterocycles. The number of hydrogen-bond donors (Lipinski definition) is 1. The average molecular weight is 340 g/mol. The third-order valence-electron chi connectivity index (χ3n) is 4.43. The van der Waals surface area contributed by atoms with Crippen LogP contribution in [0.1, 0.15) is 42.4 Å². The normalized spacial score (nSPS) is 17.4. The van der Waals surface area contributed by atoms with Gasteiger partial charge in [0.15, 0.2) is 0 Å². The molecule has 2 aromatic rings. The van der Waals surface area contributed by atoms with Gasteiger partial charge in [-0.2, -0.15) is 0 Å². The molecule has 0 aliphatic carbocycles. The van der Waals surface area contributed by atoms with Crippen molar-refractivity contribution in [2.45, 2.75) is 38.5 Å². The average Bonchev–Trinajstić information content (AvgIpc) is 2.66. The van der Waals surface area contributed by atoms with Gasteiger partial charge in [0.05, 0.1) is 0 Å². The Kier molecular flexibility index (Phi) is 5.53. The molecule has 0 spiro atoms. The molecule has 1 aliphatic heterocycles. The molecule has 1 atom stereocenters. The van der Waals surface area contributed by atoms with Crippen LogP contribution in [0, 0.1) is 6.92 Å². The lowest BCUT2D eigenvalue weighted by molar-refractivity contribution is -0.120. The summed E-state index contributed by atoms with van der Waals surface area (Å²) in [4.78, 5) is 31.8. The number of hydrogen-bond acceptors (Lipinski definition) is 6. The van der Waals surface area contributed by atoms with Crippen LogP contribution in [0.25, 0.3) is 0 Å². The number of piperidine rings is 1. The predicted octanol–water partition coefficient (Wildman–Crippen LogP) is 1.64. The fourth-order valence-electron chi connectivity index (χ4n) is 3.16. The minimum absolute atomic E-state index is 0.0304. The maximum absolute atomic E-state index is 11.5. The first kappa shape index (κ1) is 17.3. The van der Waals surface area contributed by atoms with E-state index < -0.39 is 0 Å². The van der Waals surface area contributed by atoms with E-state index in [1.807, 2.05) is 19.1 Å². The molecule has 1 N–H and O–H groups in total. The van der Waals surface area contributed by atoms with Crippen LogP contribution in [-0.4, -0.2) is 46.0 Å². The lowest BCUT2D eigenvalue weighted by Crippen LogP contribution is -2.36. The van der Waals surface area contributed by atoms with Crippen molar-refractivity contribution in [3.8, 4) is 0 Å². The molecule has 2 aromatic heterocycles. The summed E-state index contributed by atoms with van der Waals surface area (Å²) in [7, 11) is 1.65. The van der Waals surface area contributed by atoms with Crippen molar-refractivity contribution in [2.24, 2.45) is 0 Å². The summed E-state index contributed by atoms with van der Waals surface area (Å²) in [6.07, 6.45) is 6.74. The van der Waals surface area contributed by atoms with Crippen molar-refractivity contribution in [2.75, 3.05) is 25.0 Å². The molecule has 0 unspecified atom stereocenters. The van der Waals surface area contributed by atoms with E-state index in [0.29, 0.717) is 12.8 Å². The van der Waals surface area contributed by atoms with Crippen molar-refractivity contribution in [3.63, 3.8) is 0 Å². The maximum atomic E-state index is 11.5. The van der Waals surface area contributed by atoms with Gasteiger partial charge in [0.25, 0.3) is 0 Å². The molecule has 7 nitrogen and oxygen atoms in total. The lowest BCUT2D eigenvalue weighted by Gasteiger charge is -2.32. The lowest BCUT2D eigenvalue weighted by atomic mass is 9.97. The number of carbonyl (C=O) groups is 1. The maximum Gasteiger partial charge on any atom is 0.225 e. The molecule has 1 fully saturated rings. The summed E-state index contributed by atoms with van der Waals surface area (Å²) in [5, 5.41) is 2.65. The number of nitrogens with one attached hydrogen (secondary N) is 1. The van der Waals surface area contributed by atoms with Crippen LogP contribution in [0.3, 0.4) is 0 Å². The van der Waals surface area contributed by atoms with Crippen LogP contribution in [0.2, 0.25) is 0 Å². The molecule has 7 heteroatoms. The minimum Gasteiger partial charge on any atom is -0.359 e. The SMILES string of the molecule is CNC(=O)CCc1cc(C)nc([C@H]2CCCN(c3ncccn3)C2)n1. The first-order valence-electron chi connectivity index (χ1n) is 8.72. The molecule has 1 aliphatic rings. The fraction of sp³-hybridized carbons (Fsp3) is 0.500. The third kappa shape index (κ3) is 4.49. The highest BCUT2D eigenvalue weighted by Crippen LogP contribution is 2.26. The van der Waals surface area contributed by atoms with E-state index in [1.54, 1.807) is 19.4 Å². The highest BCUT2D eigenvalue weighted by Gasteiger charge is 2.25. The van der Waals surface area contributed by atoms with Gasteiger partial charge >= 0.3 is 0 Å². The first-order valence-corrected chi connectivity index (χ1v) is 8.72. The number of aryl methyl sites for hydroxylation is 2. The molecule has 0 saturated carbocycles. The monoisotopic (exact) mass is 340 g/mol. The molecule has 1 amide bonds. The van der Waals surface area contributed by atoms with E-state index in [9.17, 15) is 4.79 Å². The molecule has 25 heavy (non-hydrogen) atoms. The van der Waals surface area contributed by atoms with Crippen LogP contribution in [-0.2, 0) is 11.2 Å². The van der Waals surface area contributed by atoms with Gasteiger partial charge in [-0.1, -0.05) is 0 Å². The zero-order valence-electron chi connectivity index (χ0n) is 14.8. The van der Waals surface area contributed by atoms with E-state index in [0.717, 1.165) is 49.1 Å². The van der Waals surface area contributed by atoms with Crippen LogP contribution < -0.4 is 10.2 Å². The van der Waals surface area contributed by atoms with E-state index >= 15 is 0 Å². The Labute approximate surface area is 147 Å². The van der Waals surface area contributed by atoms with Crippen LogP contribution >= 0.6 is 0 Å². The Morgan fingerprint density at radius 2 is 2.12 bits per heavy atom. The van der Waals surface area contributed by atoms with Gasteiger partial charge < -0.3 is 10.2 Å². The molecular formula is C18H24N6O. The second-order valence-corrected chi connectivity index (χ2v) is 6.37. The molecular weight excluding hydrogens is 316 g/mol. The number of anilines is 1. The largest absolute Gasteiger partial charge is 0.359 e. The first-order chi connectivity index (χ1) is 12.2. The molecule has 132 valence electrons. The van der Waals surface area contributed by atoms with E-state index in [-0.39, 0.29) is 11.8 Å². The van der Waals surface area contributed by atoms with E-state index in [2.05, 4.69) is 25.2 Å². The molecule has 0 radical (unpaired) electrons. The summed E-state index contributed by atoms with van der Waals surface area (Å²) >= 11 is 0. The molecule has 0 aromatic carbocycles. The molecule has 0 bridgehead atoms. The highest BCUT2D eigenvalue weighted by molar-refractivity contribution is 5.75. The van der Waals surface area contributed by atoms with Gasteiger partial charge in [-0.3, -0.25) is 4.79 Å². The topological polar surface area (TPSA) is 83.9 Å². The highest BCUT2D eigenvalue weighted by atomic mass is 16.1. The van der Waals surface area contributed by atoms with Crippen molar-refractivity contribution >= 4 is 11.9 Å². The molecule has 1 saturated heterocycles. The number of aromatic nitrogens is 4. The summed E-state index contributed by atoms with van der Waals surface area (Å²) in [5.74, 6) is 1.92. The van der Waals surface area contributed by atoms with Crippen molar-refractivity contribution in [3.05, 3.63) is 41.7 Å². The van der Waals surface area contributed by atoms with Gasteiger partial charge in [-0.25, -0.2) is 19.9 Å². The number of carbonyl (C=O) groups excluding carboxylic acids is 1. The van der Waals surface area contributed by atoms with Gasteiger partial charge in [0.2, 0.25) is 11.9 Å². The van der Waals surface area contributed by atoms with Crippen molar-refractivity contribution < 1.29 is 4.79 Å². The summed E-state index contributed by atoms with van der Waals surface area (Å²) in [6, 6.07) is 3.79. The van der Waals surface area contributed by atoms with Crippen LogP contribution in [0.15, 0.2) is 24.5 Å². The van der Waals surface area contributed by atoms with Crippen molar-refractivity contribution in [1.29, 1.82) is 0 Å². The Hall–Kier alpha value is -2.57. The number of nitrogens with zero attached hydrogens (tertiary/aromatic N) is 5. The standard InChI is InChI=1S/C18H24N6O/c1-13-11-15(6-7-16(25)19-2)23-17(22-13)14-5-3-10-24(12-14)18-20-8-4-9-21-18/h4,8-9,11,14H,3,5-7,10,12H2,1-2H3,(H,19,25)/t14-/m0/s1. The summed E-state index contributed by atoms with van der Waals surface area (Å²) in [6.45, 7) is 3.76. The Bertz CT molecular complexity index is 721. The number of amides is 1. The number of rotatable bonds is 5.